The Hall–Kier alpha value is -6.82. The molecule has 0 saturated carbocycles. The molecule has 2 saturated heterocycles. The molecule has 8 atom stereocenters. The Balaban J connectivity index is 0.961. The number of likely N-dealkylation sites (N-methyl/N-ethyl adjacent to an activating group) is 2. The maximum absolute atomic E-state index is 14.5. The van der Waals surface area contributed by atoms with Crippen LogP contribution in [0.4, 0.5) is 0 Å². The van der Waals surface area contributed by atoms with E-state index in [2.05, 4.69) is 68.0 Å². The molecule has 2 aliphatic heterocycles. The van der Waals surface area contributed by atoms with Gasteiger partial charge < -0.3 is 41.7 Å². The van der Waals surface area contributed by atoms with Crippen molar-refractivity contribution in [2.45, 2.75) is 126 Å². The van der Waals surface area contributed by atoms with Gasteiger partial charge in [-0.15, -0.1) is 0 Å². The van der Waals surface area contributed by atoms with Crippen molar-refractivity contribution in [3.05, 3.63) is 142 Å². The van der Waals surface area contributed by atoms with E-state index in [1.165, 1.54) is 11.1 Å². The van der Waals surface area contributed by atoms with E-state index in [1.54, 1.807) is 86.3 Å². The average molecular weight is 947 g/mol. The number of likely N-dealkylation sites (tertiary alicyclic amines) is 2. The lowest BCUT2D eigenvalue weighted by atomic mass is 9.87. The summed E-state index contributed by atoms with van der Waals surface area (Å²) < 4.78 is 0. The molecular formula is C56H66N8O6. The molecule has 2 fully saturated rings. The van der Waals surface area contributed by atoms with Gasteiger partial charge in [0.15, 0.2) is 0 Å². The summed E-state index contributed by atoms with van der Waals surface area (Å²) >= 11 is 0. The molecule has 4 aromatic rings. The Morgan fingerprint density at radius 3 is 1.29 bits per heavy atom. The number of hydrogen-bond donors (Lipinski definition) is 6. The van der Waals surface area contributed by atoms with Crippen LogP contribution < -0.4 is 31.9 Å². The first-order chi connectivity index (χ1) is 33.9. The molecule has 0 aromatic heterocycles. The number of rotatable bonds is 14. The van der Waals surface area contributed by atoms with Crippen molar-refractivity contribution in [2.75, 3.05) is 27.2 Å². The average Bonchev–Trinajstić information content (AvgIpc) is 4.10. The molecule has 14 nitrogen and oxygen atoms in total. The second kappa shape index (κ2) is 22.7. The number of benzene rings is 4. The summed E-state index contributed by atoms with van der Waals surface area (Å²) in [5.74, 6) is 4.61. The third-order valence-electron chi connectivity index (χ3n) is 14.6. The van der Waals surface area contributed by atoms with Crippen LogP contribution in [0.3, 0.4) is 0 Å². The lowest BCUT2D eigenvalue weighted by Gasteiger charge is -2.32. The molecular weight excluding hydrogens is 881 g/mol. The number of hydrogen-bond acceptors (Lipinski definition) is 8. The lowest BCUT2D eigenvalue weighted by molar-refractivity contribution is -0.142. The third kappa shape index (κ3) is 11.3. The third-order valence-corrected chi connectivity index (χ3v) is 14.6. The van der Waals surface area contributed by atoms with Gasteiger partial charge in [0.1, 0.15) is 24.2 Å². The maximum atomic E-state index is 14.5. The molecule has 6 amide bonds. The highest BCUT2D eigenvalue weighted by molar-refractivity contribution is 5.95. The fourth-order valence-corrected chi connectivity index (χ4v) is 10.3. The molecule has 366 valence electrons. The zero-order valence-electron chi connectivity index (χ0n) is 40.7. The summed E-state index contributed by atoms with van der Waals surface area (Å²) in [7, 11) is 3.35. The van der Waals surface area contributed by atoms with E-state index in [0.717, 1.165) is 49.7 Å². The number of carbonyl (C=O) groups excluding carboxylic acids is 6. The van der Waals surface area contributed by atoms with Crippen LogP contribution in [0, 0.1) is 11.8 Å². The van der Waals surface area contributed by atoms with E-state index in [9.17, 15) is 28.8 Å². The van der Waals surface area contributed by atoms with Crippen molar-refractivity contribution in [2.24, 2.45) is 0 Å². The Bertz CT molecular complexity index is 2450. The molecule has 2 unspecified atom stereocenters. The zero-order valence-corrected chi connectivity index (χ0v) is 40.7. The number of nitrogens with zero attached hydrogens (tertiary/aromatic N) is 2. The Kier molecular flexibility index (Phi) is 16.1. The fraction of sp³-hybridized carbons (Fsp3) is 0.429. The van der Waals surface area contributed by atoms with Crippen molar-refractivity contribution in [3.8, 4) is 11.8 Å². The number of nitrogens with one attached hydrogen (secondary N) is 6. The van der Waals surface area contributed by atoms with E-state index in [4.69, 9.17) is 0 Å². The van der Waals surface area contributed by atoms with Gasteiger partial charge in [0.2, 0.25) is 35.4 Å². The summed E-state index contributed by atoms with van der Waals surface area (Å²) in [6.07, 6.45) is 7.97. The van der Waals surface area contributed by atoms with Crippen molar-refractivity contribution in [1.82, 2.24) is 41.7 Å². The first-order valence-corrected chi connectivity index (χ1v) is 25.0. The van der Waals surface area contributed by atoms with Crippen molar-refractivity contribution >= 4 is 35.4 Å². The summed E-state index contributed by atoms with van der Waals surface area (Å²) in [4.78, 5) is 86.5. The monoisotopic (exact) mass is 947 g/mol. The predicted molar refractivity (Wildman–Crippen MR) is 268 cm³/mol. The SMILES string of the molecule is CN[C@@H](C)C(=O)N[C@H](C(=O)N1CCC[C@H]1C(=O)NC1CCCc2ccccc21)c1ccc(C#Cc2ccc([C@H](NC(=O)[C@@H](C)NC)C(=O)N3CCC[C@H]3C(=O)NC3CCCc4ccccc43)cc2)cc1. The van der Waals surface area contributed by atoms with Gasteiger partial charge >= 0.3 is 0 Å². The molecule has 4 aliphatic rings. The normalized spacial score (nSPS) is 21.1. The predicted octanol–water partition coefficient (Wildman–Crippen LogP) is 4.99. The highest BCUT2D eigenvalue weighted by Crippen LogP contribution is 2.33. The van der Waals surface area contributed by atoms with Gasteiger partial charge in [0.25, 0.3) is 0 Å². The minimum atomic E-state index is -1.03. The minimum absolute atomic E-state index is 0.116. The quantitative estimate of drug-likeness (QED) is 0.0958. The molecule has 2 heterocycles. The van der Waals surface area contributed by atoms with Gasteiger partial charge in [-0.05, 0) is 150 Å². The Labute approximate surface area is 411 Å². The van der Waals surface area contributed by atoms with Crippen molar-refractivity contribution in [1.29, 1.82) is 0 Å². The molecule has 2 aliphatic carbocycles. The van der Waals surface area contributed by atoms with Gasteiger partial charge in [-0.1, -0.05) is 84.6 Å². The number of fused-ring (bicyclic) bond motifs is 2. The van der Waals surface area contributed by atoms with Gasteiger partial charge in [0, 0.05) is 24.2 Å². The van der Waals surface area contributed by atoms with Crippen LogP contribution in [0.5, 0.6) is 0 Å². The minimum Gasteiger partial charge on any atom is -0.347 e. The molecule has 0 spiro atoms. The first kappa shape index (κ1) is 49.6. The summed E-state index contributed by atoms with van der Waals surface area (Å²) in [6.45, 7) is 4.24. The van der Waals surface area contributed by atoms with E-state index >= 15 is 0 Å². The van der Waals surface area contributed by atoms with E-state index < -0.39 is 36.3 Å². The van der Waals surface area contributed by atoms with Crippen molar-refractivity contribution in [3.63, 3.8) is 0 Å². The molecule has 6 N–H and O–H groups in total. The smallest absolute Gasteiger partial charge is 0.250 e. The second-order valence-corrected chi connectivity index (χ2v) is 19.1. The van der Waals surface area contributed by atoms with Crippen LogP contribution in [0.25, 0.3) is 0 Å². The molecule has 14 heteroatoms. The highest BCUT2D eigenvalue weighted by atomic mass is 16.2. The summed E-state index contributed by atoms with van der Waals surface area (Å²) in [5, 5.41) is 18.3. The lowest BCUT2D eigenvalue weighted by Crippen LogP contribution is -2.52. The Morgan fingerprint density at radius 2 is 0.900 bits per heavy atom. The number of amides is 6. The van der Waals surface area contributed by atoms with Crippen LogP contribution in [0.2, 0.25) is 0 Å². The standard InChI is InChI=1S/C56H66N8O6/c1-35(57-3)51(65)61-49(55(69)63-33-11-21-47(63)53(67)59-45-19-9-15-39-13-5-7-17-43(39)45)41-29-25-37(26-30-41)23-24-38-27-31-42(32-28-38)50(62-52(66)36(2)58-4)56(70)64-34-12-22-48(64)54(68)60-46-20-10-16-40-14-6-8-18-44(40)46/h5-8,13-14,17-18,25-32,35-36,45-50,57-58H,9-12,15-16,19-22,33-34H2,1-4H3,(H,59,67)(H,60,68)(H,61,65)(H,62,66)/t35-,36+,45?,46?,47-,48-,49-,50-/m0/s1. The van der Waals surface area contributed by atoms with Crippen LogP contribution in [-0.2, 0) is 41.6 Å². The van der Waals surface area contributed by atoms with Gasteiger partial charge in [-0.2, -0.15) is 0 Å². The molecule has 4 aromatic carbocycles. The van der Waals surface area contributed by atoms with Crippen LogP contribution >= 0.6 is 0 Å². The Morgan fingerprint density at radius 1 is 0.514 bits per heavy atom. The maximum Gasteiger partial charge on any atom is 0.250 e. The summed E-state index contributed by atoms with van der Waals surface area (Å²) in [5.41, 5.74) is 7.18. The summed E-state index contributed by atoms with van der Waals surface area (Å²) in [6, 6.07) is 25.9. The molecule has 0 bridgehead atoms. The first-order valence-electron chi connectivity index (χ1n) is 25.0. The van der Waals surface area contributed by atoms with E-state index in [0.29, 0.717) is 61.0 Å². The number of carbonyl (C=O) groups is 6. The van der Waals surface area contributed by atoms with Crippen LogP contribution in [0.15, 0.2) is 97.1 Å². The number of aryl methyl sites for hydroxylation is 2. The molecule has 8 rings (SSSR count). The van der Waals surface area contributed by atoms with E-state index in [1.807, 2.05) is 24.3 Å². The fourth-order valence-electron chi connectivity index (χ4n) is 10.3. The largest absolute Gasteiger partial charge is 0.347 e. The van der Waals surface area contributed by atoms with Gasteiger partial charge in [-0.25, -0.2) is 0 Å². The van der Waals surface area contributed by atoms with Gasteiger partial charge in [-0.3, -0.25) is 28.8 Å². The zero-order chi connectivity index (χ0) is 49.3. The molecule has 0 radical (unpaired) electrons. The van der Waals surface area contributed by atoms with Crippen LogP contribution in [-0.4, -0.2) is 96.6 Å². The second-order valence-electron chi connectivity index (χ2n) is 19.1. The topological polar surface area (TPSA) is 181 Å². The molecule has 70 heavy (non-hydrogen) atoms. The van der Waals surface area contributed by atoms with Crippen molar-refractivity contribution < 1.29 is 28.8 Å². The van der Waals surface area contributed by atoms with E-state index in [-0.39, 0.29) is 47.5 Å². The van der Waals surface area contributed by atoms with Crippen LogP contribution in [0.1, 0.15) is 134 Å². The van der Waals surface area contributed by atoms with Gasteiger partial charge in [0.05, 0.1) is 24.2 Å². The highest BCUT2D eigenvalue weighted by Gasteiger charge is 2.41.